The first-order valence-electron chi connectivity index (χ1n) is 7.03. The van der Waals surface area contributed by atoms with Crippen molar-refractivity contribution in [1.82, 2.24) is 10.6 Å². The Balaban J connectivity index is 2.53. The van der Waals surface area contributed by atoms with E-state index in [4.69, 9.17) is 5.73 Å². The fourth-order valence-corrected chi connectivity index (χ4v) is 2.58. The van der Waals surface area contributed by atoms with Gasteiger partial charge < -0.3 is 16.4 Å². The number of rotatable bonds is 4. The lowest BCUT2D eigenvalue weighted by atomic mass is 9.77. The summed E-state index contributed by atoms with van der Waals surface area (Å²) in [5, 5.41) is 5.52. The summed E-state index contributed by atoms with van der Waals surface area (Å²) in [7, 11) is 1.61. The molecular weight excluding hydrogens is 242 g/mol. The molecule has 4 N–H and O–H groups in total. The molecule has 0 aromatic rings. The van der Waals surface area contributed by atoms with Crippen LogP contribution in [0.5, 0.6) is 0 Å². The summed E-state index contributed by atoms with van der Waals surface area (Å²) in [6.45, 7) is 6.09. The van der Waals surface area contributed by atoms with Crippen molar-refractivity contribution in [3.05, 3.63) is 0 Å². The van der Waals surface area contributed by atoms with Gasteiger partial charge in [0.2, 0.25) is 11.8 Å². The van der Waals surface area contributed by atoms with Crippen LogP contribution in [0.1, 0.15) is 40.0 Å². The van der Waals surface area contributed by atoms with E-state index < -0.39 is 5.41 Å². The Kier molecular flexibility index (Phi) is 5.35. The van der Waals surface area contributed by atoms with Crippen LogP contribution in [0.2, 0.25) is 0 Å². The van der Waals surface area contributed by atoms with E-state index in [2.05, 4.69) is 17.6 Å². The van der Waals surface area contributed by atoms with Crippen molar-refractivity contribution in [1.29, 1.82) is 0 Å². The molecule has 0 radical (unpaired) electrons. The number of hydrogen-bond donors (Lipinski definition) is 3. The normalized spacial score (nSPS) is 27.7. The summed E-state index contributed by atoms with van der Waals surface area (Å²) >= 11 is 0. The van der Waals surface area contributed by atoms with Gasteiger partial charge in [-0.2, -0.15) is 0 Å². The van der Waals surface area contributed by atoms with Gasteiger partial charge in [-0.15, -0.1) is 0 Å². The molecule has 0 spiro atoms. The van der Waals surface area contributed by atoms with Gasteiger partial charge in [0.15, 0.2) is 0 Å². The zero-order valence-corrected chi connectivity index (χ0v) is 12.5. The van der Waals surface area contributed by atoms with Crippen LogP contribution in [0.3, 0.4) is 0 Å². The lowest BCUT2D eigenvalue weighted by Crippen LogP contribution is -2.47. The van der Waals surface area contributed by atoms with E-state index in [-0.39, 0.29) is 23.8 Å². The van der Waals surface area contributed by atoms with Crippen LogP contribution in [0.4, 0.5) is 0 Å². The van der Waals surface area contributed by atoms with E-state index in [1.165, 1.54) is 0 Å². The highest BCUT2D eigenvalue weighted by Gasteiger charge is 2.33. The first-order valence-corrected chi connectivity index (χ1v) is 7.03. The van der Waals surface area contributed by atoms with Crippen molar-refractivity contribution < 1.29 is 9.59 Å². The minimum absolute atomic E-state index is 0.0239. The van der Waals surface area contributed by atoms with Gasteiger partial charge in [0.05, 0.1) is 5.41 Å². The monoisotopic (exact) mass is 269 g/mol. The Morgan fingerprint density at radius 2 is 1.95 bits per heavy atom. The highest BCUT2D eigenvalue weighted by atomic mass is 16.2. The second-order valence-corrected chi connectivity index (χ2v) is 6.34. The number of carbonyl (C=O) groups excluding carboxylic acids is 2. The zero-order valence-electron chi connectivity index (χ0n) is 12.5. The fourth-order valence-electron chi connectivity index (χ4n) is 2.58. The average molecular weight is 269 g/mol. The summed E-state index contributed by atoms with van der Waals surface area (Å²) in [5.74, 6) is 0.299. The second kappa shape index (κ2) is 6.37. The molecule has 0 aromatic carbocycles. The molecule has 0 bridgehead atoms. The lowest BCUT2D eigenvalue weighted by molar-refractivity contribution is -0.131. The Labute approximate surface area is 115 Å². The van der Waals surface area contributed by atoms with Crippen LogP contribution in [-0.4, -0.2) is 31.4 Å². The summed E-state index contributed by atoms with van der Waals surface area (Å²) in [6.07, 6.45) is 2.74. The van der Waals surface area contributed by atoms with Crippen molar-refractivity contribution >= 4 is 11.8 Å². The highest BCUT2D eigenvalue weighted by Crippen LogP contribution is 2.29. The van der Waals surface area contributed by atoms with Crippen molar-refractivity contribution in [2.45, 2.75) is 46.1 Å². The molecular formula is C14H27N3O2. The van der Waals surface area contributed by atoms with Gasteiger partial charge in [0.25, 0.3) is 0 Å². The molecule has 1 rings (SSSR count). The highest BCUT2D eigenvalue weighted by molar-refractivity contribution is 5.84. The number of carbonyl (C=O) groups is 2. The molecule has 0 heterocycles. The summed E-state index contributed by atoms with van der Waals surface area (Å²) in [4.78, 5) is 23.9. The smallest absolute Gasteiger partial charge is 0.227 e. The van der Waals surface area contributed by atoms with Gasteiger partial charge in [-0.25, -0.2) is 0 Å². The molecule has 110 valence electrons. The van der Waals surface area contributed by atoms with Gasteiger partial charge in [-0.05, 0) is 39.0 Å². The molecule has 3 atom stereocenters. The number of nitrogens with one attached hydrogen (secondary N) is 2. The second-order valence-electron chi connectivity index (χ2n) is 6.34. The maximum atomic E-state index is 12.2. The number of nitrogens with two attached hydrogens (primary N) is 1. The van der Waals surface area contributed by atoms with E-state index in [0.29, 0.717) is 12.5 Å². The van der Waals surface area contributed by atoms with Crippen LogP contribution >= 0.6 is 0 Å². The van der Waals surface area contributed by atoms with Crippen molar-refractivity contribution in [2.75, 3.05) is 13.6 Å². The third-order valence-electron chi connectivity index (χ3n) is 4.12. The SMILES string of the molecule is CNC(=O)C(C)(C)CNC(=O)C1CC(N)CCC1C. The molecule has 1 aliphatic rings. The molecule has 3 unspecified atom stereocenters. The average Bonchev–Trinajstić information content (AvgIpc) is 2.37. The molecule has 0 aromatic heterocycles. The Bertz CT molecular complexity index is 342. The van der Waals surface area contributed by atoms with Crippen molar-refractivity contribution in [3.8, 4) is 0 Å². The first-order chi connectivity index (χ1) is 8.77. The molecule has 19 heavy (non-hydrogen) atoms. The molecule has 0 saturated heterocycles. The van der Waals surface area contributed by atoms with Gasteiger partial charge in [-0.3, -0.25) is 9.59 Å². The van der Waals surface area contributed by atoms with Gasteiger partial charge >= 0.3 is 0 Å². The molecule has 1 aliphatic carbocycles. The Morgan fingerprint density at radius 3 is 2.53 bits per heavy atom. The van der Waals surface area contributed by atoms with Crippen LogP contribution < -0.4 is 16.4 Å². The van der Waals surface area contributed by atoms with E-state index in [1.54, 1.807) is 7.05 Å². The Morgan fingerprint density at radius 1 is 1.32 bits per heavy atom. The topological polar surface area (TPSA) is 84.2 Å². The largest absolute Gasteiger partial charge is 0.359 e. The Hall–Kier alpha value is -1.10. The molecule has 5 heteroatoms. The van der Waals surface area contributed by atoms with E-state index in [0.717, 1.165) is 19.3 Å². The van der Waals surface area contributed by atoms with Gasteiger partial charge in [0, 0.05) is 25.6 Å². The molecule has 0 aliphatic heterocycles. The van der Waals surface area contributed by atoms with Crippen molar-refractivity contribution in [3.63, 3.8) is 0 Å². The van der Waals surface area contributed by atoms with Crippen molar-refractivity contribution in [2.24, 2.45) is 23.0 Å². The molecule has 5 nitrogen and oxygen atoms in total. The van der Waals surface area contributed by atoms with E-state index in [9.17, 15) is 9.59 Å². The van der Waals surface area contributed by atoms with Gasteiger partial charge in [0.1, 0.15) is 0 Å². The molecule has 2 amide bonds. The summed E-state index contributed by atoms with van der Waals surface area (Å²) in [6, 6.07) is 0.124. The maximum Gasteiger partial charge on any atom is 0.227 e. The summed E-state index contributed by atoms with van der Waals surface area (Å²) < 4.78 is 0. The minimum Gasteiger partial charge on any atom is -0.359 e. The quantitative estimate of drug-likeness (QED) is 0.700. The van der Waals surface area contributed by atoms with Gasteiger partial charge in [-0.1, -0.05) is 6.92 Å². The zero-order chi connectivity index (χ0) is 14.6. The summed E-state index contributed by atoms with van der Waals surface area (Å²) in [5.41, 5.74) is 5.34. The maximum absolute atomic E-state index is 12.2. The van der Waals surface area contributed by atoms with E-state index in [1.807, 2.05) is 13.8 Å². The van der Waals surface area contributed by atoms with Crippen LogP contribution in [0.25, 0.3) is 0 Å². The minimum atomic E-state index is -0.593. The predicted octanol–water partition coefficient (Wildman–Crippen LogP) is 0.638. The van der Waals surface area contributed by atoms with Crippen LogP contribution in [0.15, 0.2) is 0 Å². The standard InChI is InChI=1S/C14H27N3O2/c1-9-5-6-10(15)7-11(9)12(18)17-8-14(2,3)13(19)16-4/h9-11H,5-8,15H2,1-4H3,(H,16,19)(H,17,18). The fraction of sp³-hybridized carbons (Fsp3) is 0.857. The number of hydrogen-bond acceptors (Lipinski definition) is 3. The predicted molar refractivity (Wildman–Crippen MR) is 75.3 cm³/mol. The molecule has 1 fully saturated rings. The third kappa shape index (κ3) is 4.20. The number of amides is 2. The van der Waals surface area contributed by atoms with Crippen LogP contribution in [-0.2, 0) is 9.59 Å². The lowest BCUT2D eigenvalue weighted by Gasteiger charge is -2.32. The van der Waals surface area contributed by atoms with E-state index >= 15 is 0 Å². The first kappa shape index (κ1) is 16.0. The molecule has 1 saturated carbocycles. The third-order valence-corrected chi connectivity index (χ3v) is 4.12. The van der Waals surface area contributed by atoms with Crippen LogP contribution in [0, 0.1) is 17.3 Å².